The van der Waals surface area contributed by atoms with Crippen LogP contribution in [0.1, 0.15) is 62.5 Å². The van der Waals surface area contributed by atoms with Crippen LogP contribution < -0.4 is 5.32 Å². The van der Waals surface area contributed by atoms with Crippen LogP contribution in [-0.4, -0.2) is 17.0 Å². The molecule has 0 spiro atoms. The summed E-state index contributed by atoms with van der Waals surface area (Å²) in [5, 5.41) is 22.0. The summed E-state index contributed by atoms with van der Waals surface area (Å²) >= 11 is 1.50. The summed E-state index contributed by atoms with van der Waals surface area (Å²) in [4.78, 5) is 24.6. The monoisotopic (exact) mass is 348 g/mol. The number of amides is 1. The van der Waals surface area contributed by atoms with Gasteiger partial charge in [-0.3, -0.25) is 9.59 Å². The zero-order valence-corrected chi connectivity index (χ0v) is 15.3. The highest BCUT2D eigenvalue weighted by Crippen LogP contribution is 2.39. The van der Waals surface area contributed by atoms with Gasteiger partial charge in [-0.15, -0.1) is 11.3 Å². The van der Waals surface area contributed by atoms with Crippen LogP contribution in [0.15, 0.2) is 0 Å². The first-order valence-electron chi connectivity index (χ1n) is 8.34. The molecule has 2 N–H and O–H groups in total. The van der Waals surface area contributed by atoms with Crippen LogP contribution in [0, 0.1) is 22.7 Å². The Morgan fingerprint density at radius 1 is 1.46 bits per heavy atom. The third kappa shape index (κ3) is 4.15. The Labute approximate surface area is 146 Å². The number of fused-ring (bicyclic) bond motifs is 1. The van der Waals surface area contributed by atoms with Crippen molar-refractivity contribution < 1.29 is 14.7 Å². The van der Waals surface area contributed by atoms with Crippen molar-refractivity contribution >= 4 is 28.2 Å². The van der Waals surface area contributed by atoms with Crippen LogP contribution in [0.4, 0.5) is 5.00 Å². The van der Waals surface area contributed by atoms with Crippen molar-refractivity contribution in [3.8, 4) is 6.07 Å². The first-order chi connectivity index (χ1) is 11.3. The average Bonchev–Trinajstić information content (AvgIpc) is 2.81. The van der Waals surface area contributed by atoms with E-state index in [0.717, 1.165) is 24.8 Å². The number of thiophene rings is 1. The van der Waals surface area contributed by atoms with Crippen LogP contribution in [0.5, 0.6) is 0 Å². The lowest BCUT2D eigenvalue weighted by Crippen LogP contribution is -2.27. The first kappa shape index (κ1) is 18.5. The lowest BCUT2D eigenvalue weighted by atomic mass is 9.80. The van der Waals surface area contributed by atoms with Gasteiger partial charge in [0.15, 0.2) is 0 Å². The van der Waals surface area contributed by atoms with Crippen molar-refractivity contribution in [3.63, 3.8) is 0 Å². The molecular weight excluding hydrogens is 324 g/mol. The molecule has 24 heavy (non-hydrogen) atoms. The second-order valence-electron chi connectivity index (χ2n) is 7.13. The molecule has 2 atom stereocenters. The number of carbonyl (C=O) groups is 2. The molecule has 0 aliphatic heterocycles. The van der Waals surface area contributed by atoms with Gasteiger partial charge in [0, 0.05) is 11.3 Å². The SMILES string of the molecule is CC[C@](C)(CC(=O)O)CC(=O)Nc1sc2c(c1C#N)CC[C@@H](C)C2. The third-order valence-electron chi connectivity index (χ3n) is 4.90. The van der Waals surface area contributed by atoms with Crippen molar-refractivity contribution in [1.82, 2.24) is 0 Å². The van der Waals surface area contributed by atoms with Gasteiger partial charge < -0.3 is 10.4 Å². The molecular formula is C18H24N2O3S. The van der Waals surface area contributed by atoms with Crippen molar-refractivity contribution in [3.05, 3.63) is 16.0 Å². The van der Waals surface area contributed by atoms with E-state index in [1.807, 2.05) is 13.8 Å². The Bertz CT molecular complexity index is 689. The number of rotatable bonds is 6. The number of aliphatic carboxylic acids is 1. The quantitative estimate of drug-likeness (QED) is 0.814. The molecule has 5 nitrogen and oxygen atoms in total. The fourth-order valence-electron chi connectivity index (χ4n) is 3.19. The molecule has 0 bridgehead atoms. The zero-order valence-electron chi connectivity index (χ0n) is 14.4. The molecule has 6 heteroatoms. The Morgan fingerprint density at radius 3 is 2.75 bits per heavy atom. The van der Waals surface area contributed by atoms with Gasteiger partial charge in [0.05, 0.1) is 12.0 Å². The van der Waals surface area contributed by atoms with E-state index < -0.39 is 11.4 Å². The number of carboxylic acids is 1. The van der Waals surface area contributed by atoms with E-state index in [0.29, 0.717) is 22.9 Å². The number of carboxylic acid groups (broad SMARTS) is 1. The number of nitriles is 1. The molecule has 1 aliphatic carbocycles. The summed E-state index contributed by atoms with van der Waals surface area (Å²) in [7, 11) is 0. The molecule has 1 amide bonds. The van der Waals surface area contributed by atoms with Crippen molar-refractivity contribution in [2.75, 3.05) is 5.32 Å². The number of hydrogen-bond donors (Lipinski definition) is 2. The predicted molar refractivity (Wildman–Crippen MR) is 94.1 cm³/mol. The minimum Gasteiger partial charge on any atom is -0.481 e. The summed E-state index contributed by atoms with van der Waals surface area (Å²) in [5.74, 6) is -0.514. The van der Waals surface area contributed by atoms with E-state index in [9.17, 15) is 14.9 Å². The van der Waals surface area contributed by atoms with E-state index in [1.165, 1.54) is 16.2 Å². The van der Waals surface area contributed by atoms with E-state index in [4.69, 9.17) is 5.11 Å². The molecule has 0 unspecified atom stereocenters. The van der Waals surface area contributed by atoms with Crippen LogP contribution >= 0.6 is 11.3 Å². The van der Waals surface area contributed by atoms with Gasteiger partial charge in [-0.1, -0.05) is 20.8 Å². The molecule has 1 aromatic heterocycles. The number of anilines is 1. The maximum atomic E-state index is 12.4. The molecule has 0 aromatic carbocycles. The summed E-state index contributed by atoms with van der Waals surface area (Å²) < 4.78 is 0. The standard InChI is InChI=1S/C18H24N2O3S/c1-4-18(3,9-16(22)23)8-15(21)20-17-13(10-19)12-6-5-11(2)7-14(12)24-17/h11H,4-9H2,1-3H3,(H,20,21)(H,22,23)/t11-,18+/m1/s1. The van der Waals surface area contributed by atoms with Gasteiger partial charge in [-0.2, -0.15) is 5.26 Å². The number of nitrogens with zero attached hydrogens (tertiary/aromatic N) is 1. The normalized spacial score (nSPS) is 19.0. The lowest BCUT2D eigenvalue weighted by Gasteiger charge is -2.25. The van der Waals surface area contributed by atoms with Crippen LogP contribution in [0.2, 0.25) is 0 Å². The molecule has 0 fully saturated rings. The van der Waals surface area contributed by atoms with E-state index in [1.54, 1.807) is 0 Å². The van der Waals surface area contributed by atoms with Gasteiger partial charge in [0.1, 0.15) is 11.1 Å². The number of hydrogen-bond acceptors (Lipinski definition) is 4. The smallest absolute Gasteiger partial charge is 0.303 e. The molecule has 0 radical (unpaired) electrons. The largest absolute Gasteiger partial charge is 0.481 e. The maximum Gasteiger partial charge on any atom is 0.303 e. The average molecular weight is 348 g/mol. The van der Waals surface area contributed by atoms with Crippen LogP contribution in [0.3, 0.4) is 0 Å². The molecule has 130 valence electrons. The van der Waals surface area contributed by atoms with Gasteiger partial charge in [0.25, 0.3) is 0 Å². The van der Waals surface area contributed by atoms with Crippen LogP contribution in [-0.2, 0) is 22.4 Å². The van der Waals surface area contributed by atoms with Crippen molar-refractivity contribution in [1.29, 1.82) is 5.26 Å². The second kappa shape index (κ2) is 7.35. The van der Waals surface area contributed by atoms with Gasteiger partial charge in [-0.25, -0.2) is 0 Å². The Hall–Kier alpha value is -1.87. The highest BCUT2D eigenvalue weighted by Gasteiger charge is 2.30. The minimum absolute atomic E-state index is 0.0412. The topological polar surface area (TPSA) is 90.2 Å². The maximum absolute atomic E-state index is 12.4. The Balaban J connectivity index is 2.15. The highest BCUT2D eigenvalue weighted by atomic mass is 32.1. The lowest BCUT2D eigenvalue weighted by molar-refractivity contribution is -0.140. The van der Waals surface area contributed by atoms with Gasteiger partial charge >= 0.3 is 5.97 Å². The fraction of sp³-hybridized carbons (Fsp3) is 0.611. The molecule has 0 saturated carbocycles. The molecule has 1 aromatic rings. The molecule has 2 rings (SSSR count). The van der Waals surface area contributed by atoms with E-state index in [2.05, 4.69) is 18.3 Å². The second-order valence-corrected chi connectivity index (χ2v) is 8.23. The summed E-state index contributed by atoms with van der Waals surface area (Å²) in [6.07, 6.45) is 3.61. The molecule has 1 aliphatic rings. The molecule has 0 saturated heterocycles. The van der Waals surface area contributed by atoms with Gasteiger partial charge in [-0.05, 0) is 42.6 Å². The first-order valence-corrected chi connectivity index (χ1v) is 9.16. The number of nitrogens with one attached hydrogen (secondary N) is 1. The number of carbonyl (C=O) groups excluding carboxylic acids is 1. The summed E-state index contributed by atoms with van der Waals surface area (Å²) in [6, 6.07) is 2.23. The van der Waals surface area contributed by atoms with E-state index in [-0.39, 0.29) is 18.7 Å². The summed E-state index contributed by atoms with van der Waals surface area (Å²) in [5.41, 5.74) is 1.10. The third-order valence-corrected chi connectivity index (χ3v) is 6.07. The highest BCUT2D eigenvalue weighted by molar-refractivity contribution is 7.16. The van der Waals surface area contributed by atoms with Crippen molar-refractivity contribution in [2.24, 2.45) is 11.3 Å². The van der Waals surface area contributed by atoms with Crippen LogP contribution in [0.25, 0.3) is 0 Å². The fourth-order valence-corrected chi connectivity index (χ4v) is 4.57. The minimum atomic E-state index is -0.898. The van der Waals surface area contributed by atoms with Gasteiger partial charge in [0.2, 0.25) is 5.91 Å². The van der Waals surface area contributed by atoms with Crippen molar-refractivity contribution in [2.45, 2.75) is 59.3 Å². The zero-order chi connectivity index (χ0) is 17.9. The Morgan fingerprint density at radius 2 is 2.17 bits per heavy atom. The Kier molecular flexibility index (Phi) is 5.66. The summed E-state index contributed by atoms with van der Waals surface area (Å²) in [6.45, 7) is 5.90. The predicted octanol–water partition coefficient (Wildman–Crippen LogP) is 3.96. The van der Waals surface area contributed by atoms with E-state index >= 15 is 0 Å². The molecule has 1 heterocycles.